The molecule has 19 heavy (non-hydrogen) atoms. The molecule has 0 unspecified atom stereocenters. The molecule has 1 heterocycles. The van der Waals surface area contributed by atoms with Crippen molar-refractivity contribution >= 4 is 0 Å². The van der Waals surface area contributed by atoms with Crippen molar-refractivity contribution in [3.63, 3.8) is 0 Å². The van der Waals surface area contributed by atoms with Crippen molar-refractivity contribution in [2.75, 3.05) is 46.6 Å². The molecule has 1 aromatic rings. The fourth-order valence-electron chi connectivity index (χ4n) is 2.12. The lowest BCUT2D eigenvalue weighted by Gasteiger charge is -2.25. The van der Waals surface area contributed by atoms with E-state index in [0.717, 1.165) is 37.8 Å². The maximum absolute atomic E-state index is 9.95. The van der Waals surface area contributed by atoms with Gasteiger partial charge >= 0.3 is 0 Å². The van der Waals surface area contributed by atoms with Crippen LogP contribution in [0, 0.1) is 0 Å². The van der Waals surface area contributed by atoms with Gasteiger partial charge in [0, 0.05) is 0 Å². The second kappa shape index (κ2) is 7.33. The van der Waals surface area contributed by atoms with Crippen LogP contribution in [0.3, 0.4) is 0 Å². The summed E-state index contributed by atoms with van der Waals surface area (Å²) >= 11 is 0. The largest absolute Gasteiger partial charge is 0.497 e. The Bertz CT molecular complexity index is 362. The van der Waals surface area contributed by atoms with E-state index in [1.54, 1.807) is 7.11 Å². The molecule has 0 bridgehead atoms. The lowest BCUT2D eigenvalue weighted by atomic mass is 10.3. The van der Waals surface area contributed by atoms with Crippen LogP contribution in [-0.2, 0) is 4.74 Å². The summed E-state index contributed by atoms with van der Waals surface area (Å²) in [7, 11) is 1.63. The van der Waals surface area contributed by atoms with Crippen molar-refractivity contribution < 1.29 is 24.2 Å². The van der Waals surface area contributed by atoms with E-state index < -0.39 is 6.10 Å². The van der Waals surface area contributed by atoms with Crippen molar-refractivity contribution in [2.24, 2.45) is 0 Å². The Labute approximate surface area is 113 Å². The first-order valence-corrected chi connectivity index (χ1v) is 6.64. The lowest BCUT2D eigenvalue weighted by Crippen LogP contribution is -3.15. The van der Waals surface area contributed by atoms with E-state index in [-0.39, 0.29) is 0 Å². The Morgan fingerprint density at radius 2 is 1.84 bits per heavy atom. The molecule has 1 aromatic carbocycles. The lowest BCUT2D eigenvalue weighted by molar-refractivity contribution is -0.911. The highest BCUT2D eigenvalue weighted by Crippen LogP contribution is 2.16. The van der Waals surface area contributed by atoms with Gasteiger partial charge < -0.3 is 24.2 Å². The normalized spacial score (nSPS) is 18.0. The highest BCUT2D eigenvalue weighted by molar-refractivity contribution is 5.31. The third-order valence-corrected chi connectivity index (χ3v) is 3.23. The van der Waals surface area contributed by atoms with Gasteiger partial charge in [0.2, 0.25) is 0 Å². The molecule has 2 N–H and O–H groups in total. The summed E-state index contributed by atoms with van der Waals surface area (Å²) in [5, 5.41) is 9.95. The number of quaternary nitrogens is 1. The predicted octanol–water partition coefficient (Wildman–Crippen LogP) is -0.650. The standard InChI is InChI=1S/C14H21NO4/c1-17-13-2-4-14(5-3-13)19-11-12(16)10-15-6-8-18-9-7-15/h2-5,12,16H,6-11H2,1H3/p+1/t12-/m0/s1. The average Bonchev–Trinajstić information content (AvgIpc) is 2.47. The van der Waals surface area contributed by atoms with Crippen LogP contribution >= 0.6 is 0 Å². The zero-order chi connectivity index (χ0) is 13.5. The van der Waals surface area contributed by atoms with Crippen LogP contribution in [0.5, 0.6) is 11.5 Å². The van der Waals surface area contributed by atoms with Crippen LogP contribution in [0.2, 0.25) is 0 Å². The van der Waals surface area contributed by atoms with E-state index >= 15 is 0 Å². The molecule has 0 aromatic heterocycles. The van der Waals surface area contributed by atoms with Crippen molar-refractivity contribution in [2.45, 2.75) is 6.10 Å². The number of hydrogen-bond acceptors (Lipinski definition) is 4. The molecule has 1 saturated heterocycles. The molecule has 0 saturated carbocycles. The molecule has 5 heteroatoms. The van der Waals surface area contributed by atoms with Gasteiger partial charge in [-0.05, 0) is 24.3 Å². The van der Waals surface area contributed by atoms with Crippen molar-refractivity contribution in [3.8, 4) is 11.5 Å². The first-order chi connectivity index (χ1) is 9.28. The van der Waals surface area contributed by atoms with Gasteiger partial charge in [-0.1, -0.05) is 0 Å². The Morgan fingerprint density at radius 1 is 1.21 bits per heavy atom. The third kappa shape index (κ3) is 4.70. The summed E-state index contributed by atoms with van der Waals surface area (Å²) in [6.07, 6.45) is -0.449. The molecular formula is C14H22NO4+. The fraction of sp³-hybridized carbons (Fsp3) is 0.571. The number of rotatable bonds is 6. The molecule has 0 amide bonds. The summed E-state index contributed by atoms with van der Waals surface area (Å²) < 4.78 is 15.9. The van der Waals surface area contributed by atoms with Crippen LogP contribution in [0.4, 0.5) is 0 Å². The smallest absolute Gasteiger partial charge is 0.137 e. The van der Waals surface area contributed by atoms with Crippen LogP contribution in [-0.4, -0.2) is 57.8 Å². The Morgan fingerprint density at radius 3 is 2.47 bits per heavy atom. The van der Waals surface area contributed by atoms with Gasteiger partial charge in [-0.2, -0.15) is 0 Å². The third-order valence-electron chi connectivity index (χ3n) is 3.23. The summed E-state index contributed by atoms with van der Waals surface area (Å²) in [5.41, 5.74) is 0. The number of benzene rings is 1. The van der Waals surface area contributed by atoms with E-state index in [0.29, 0.717) is 13.2 Å². The van der Waals surface area contributed by atoms with E-state index in [2.05, 4.69) is 0 Å². The van der Waals surface area contributed by atoms with Crippen molar-refractivity contribution in [3.05, 3.63) is 24.3 Å². The minimum atomic E-state index is -0.449. The minimum Gasteiger partial charge on any atom is -0.497 e. The number of nitrogens with one attached hydrogen (secondary N) is 1. The van der Waals surface area contributed by atoms with E-state index in [1.165, 1.54) is 4.90 Å². The molecule has 106 valence electrons. The Hall–Kier alpha value is -1.30. The molecular weight excluding hydrogens is 246 g/mol. The van der Waals surface area contributed by atoms with Crippen LogP contribution in [0.1, 0.15) is 0 Å². The number of aliphatic hydroxyl groups excluding tert-OH is 1. The highest BCUT2D eigenvalue weighted by atomic mass is 16.5. The SMILES string of the molecule is COc1ccc(OC[C@@H](O)C[NH+]2CCOCC2)cc1. The molecule has 1 aliphatic heterocycles. The van der Waals surface area contributed by atoms with Gasteiger partial charge in [-0.3, -0.25) is 0 Å². The molecule has 1 fully saturated rings. The van der Waals surface area contributed by atoms with Gasteiger partial charge in [-0.25, -0.2) is 0 Å². The van der Waals surface area contributed by atoms with Gasteiger partial charge in [0.1, 0.15) is 43.8 Å². The van der Waals surface area contributed by atoms with Gasteiger partial charge in [0.15, 0.2) is 0 Å². The number of methoxy groups -OCH3 is 1. The molecule has 0 radical (unpaired) electrons. The first-order valence-electron chi connectivity index (χ1n) is 6.64. The minimum absolute atomic E-state index is 0.316. The maximum Gasteiger partial charge on any atom is 0.137 e. The Balaban J connectivity index is 1.71. The first kappa shape index (κ1) is 14.1. The zero-order valence-corrected chi connectivity index (χ0v) is 11.3. The second-order valence-electron chi connectivity index (χ2n) is 4.71. The molecule has 1 atom stereocenters. The summed E-state index contributed by atoms with van der Waals surface area (Å²) in [4.78, 5) is 1.37. The van der Waals surface area contributed by atoms with E-state index in [4.69, 9.17) is 14.2 Å². The summed E-state index contributed by atoms with van der Waals surface area (Å²) in [6.45, 7) is 4.50. The summed E-state index contributed by atoms with van der Waals surface area (Å²) in [5.74, 6) is 1.54. The monoisotopic (exact) mass is 268 g/mol. The molecule has 0 aliphatic carbocycles. The Kier molecular flexibility index (Phi) is 5.44. The number of aliphatic hydroxyl groups is 1. The van der Waals surface area contributed by atoms with Gasteiger partial charge in [-0.15, -0.1) is 0 Å². The zero-order valence-electron chi connectivity index (χ0n) is 11.3. The highest BCUT2D eigenvalue weighted by Gasteiger charge is 2.18. The van der Waals surface area contributed by atoms with Crippen LogP contribution in [0.15, 0.2) is 24.3 Å². The number of morpholine rings is 1. The molecule has 1 aliphatic rings. The molecule has 5 nitrogen and oxygen atoms in total. The molecule has 0 spiro atoms. The van der Waals surface area contributed by atoms with E-state index in [1.807, 2.05) is 24.3 Å². The van der Waals surface area contributed by atoms with Crippen LogP contribution in [0.25, 0.3) is 0 Å². The average molecular weight is 268 g/mol. The number of hydrogen-bond donors (Lipinski definition) is 2. The van der Waals surface area contributed by atoms with Gasteiger partial charge in [0.05, 0.1) is 20.3 Å². The van der Waals surface area contributed by atoms with Crippen molar-refractivity contribution in [1.29, 1.82) is 0 Å². The van der Waals surface area contributed by atoms with Crippen molar-refractivity contribution in [1.82, 2.24) is 0 Å². The number of ether oxygens (including phenoxy) is 3. The van der Waals surface area contributed by atoms with E-state index in [9.17, 15) is 5.11 Å². The van der Waals surface area contributed by atoms with Gasteiger partial charge in [0.25, 0.3) is 0 Å². The topological polar surface area (TPSA) is 52.4 Å². The summed E-state index contributed by atoms with van der Waals surface area (Å²) in [6, 6.07) is 7.37. The predicted molar refractivity (Wildman–Crippen MR) is 70.9 cm³/mol. The molecule has 2 rings (SSSR count). The second-order valence-corrected chi connectivity index (χ2v) is 4.71. The maximum atomic E-state index is 9.95. The van der Waals surface area contributed by atoms with Crippen LogP contribution < -0.4 is 14.4 Å². The quantitative estimate of drug-likeness (QED) is 0.720. The fourth-order valence-corrected chi connectivity index (χ4v) is 2.12.